The molecule has 6 nitrogen and oxygen atoms in total. The fourth-order valence-electron chi connectivity index (χ4n) is 3.41. The van der Waals surface area contributed by atoms with Gasteiger partial charge in [0.1, 0.15) is 0 Å². The summed E-state index contributed by atoms with van der Waals surface area (Å²) in [4.78, 5) is 24.9. The van der Waals surface area contributed by atoms with Gasteiger partial charge in [0.2, 0.25) is 5.78 Å². The lowest BCUT2D eigenvalue weighted by molar-refractivity contribution is -0.137. The van der Waals surface area contributed by atoms with Crippen molar-refractivity contribution in [2.45, 2.75) is 24.9 Å². The molecule has 33 heavy (non-hydrogen) atoms. The van der Waals surface area contributed by atoms with Crippen molar-refractivity contribution in [2.75, 3.05) is 12.9 Å². The highest BCUT2D eigenvalue weighted by Crippen LogP contribution is 2.31. The molecule has 0 aliphatic heterocycles. The highest BCUT2D eigenvalue weighted by atomic mass is 32.2. The Morgan fingerprint density at radius 3 is 2.30 bits per heavy atom. The molecule has 0 amide bonds. The molecule has 0 bridgehead atoms. The zero-order valence-electron chi connectivity index (χ0n) is 17.9. The predicted octanol–water partition coefficient (Wildman–Crippen LogP) is 4.56. The second kappa shape index (κ2) is 8.86. The van der Waals surface area contributed by atoms with Gasteiger partial charge in [-0.25, -0.2) is 13.2 Å². The van der Waals surface area contributed by atoms with Gasteiger partial charge in [-0.15, -0.1) is 0 Å². The maximum absolute atomic E-state index is 13.1. The normalized spacial score (nSPS) is 11.9. The summed E-state index contributed by atoms with van der Waals surface area (Å²) in [7, 11) is -3.53. The number of esters is 1. The molecule has 3 aromatic rings. The van der Waals surface area contributed by atoms with Crippen LogP contribution in [-0.4, -0.2) is 37.6 Å². The third kappa shape index (κ3) is 5.33. The zero-order chi connectivity index (χ0) is 24.6. The van der Waals surface area contributed by atoms with Crippen molar-refractivity contribution in [1.82, 2.24) is 4.57 Å². The van der Waals surface area contributed by atoms with E-state index in [4.69, 9.17) is 4.74 Å². The highest BCUT2D eigenvalue weighted by molar-refractivity contribution is 7.90. The average Bonchev–Trinajstić information content (AvgIpc) is 3.04. The van der Waals surface area contributed by atoms with Crippen molar-refractivity contribution in [2.24, 2.45) is 0 Å². The third-order valence-corrected chi connectivity index (χ3v) is 6.11. The second-order valence-electron chi connectivity index (χ2n) is 7.47. The molecule has 3 rings (SSSR count). The van der Waals surface area contributed by atoms with Gasteiger partial charge in [0.25, 0.3) is 0 Å². The number of rotatable bonds is 6. The van der Waals surface area contributed by atoms with Crippen molar-refractivity contribution in [3.8, 4) is 5.69 Å². The molecule has 2 aromatic carbocycles. The quantitative estimate of drug-likeness (QED) is 0.383. The van der Waals surface area contributed by atoms with Gasteiger partial charge in [0, 0.05) is 28.9 Å². The fraction of sp³-hybridized carbons (Fsp3) is 0.217. The van der Waals surface area contributed by atoms with Gasteiger partial charge in [-0.3, -0.25) is 4.79 Å². The van der Waals surface area contributed by atoms with Crippen molar-refractivity contribution in [1.29, 1.82) is 0 Å². The summed E-state index contributed by atoms with van der Waals surface area (Å²) in [5.74, 6) is -1.42. The van der Waals surface area contributed by atoms with Crippen LogP contribution in [0.5, 0.6) is 0 Å². The summed E-state index contributed by atoms with van der Waals surface area (Å²) in [5, 5.41) is 0. The number of Topliss-reactive ketones (excluding diaryl/α,β-unsaturated/α-hetero) is 1. The van der Waals surface area contributed by atoms with Crippen LogP contribution in [0.3, 0.4) is 0 Å². The first-order valence-corrected chi connectivity index (χ1v) is 11.5. The van der Waals surface area contributed by atoms with E-state index in [1.54, 1.807) is 13.8 Å². The maximum Gasteiger partial charge on any atom is 0.416 e. The molecular formula is C23H20F3NO5S. The standard InChI is InChI=1S/C23H20F3NO5S/c1-14-10-20(15(2)27(14)18-8-5-7-17(12-18)23(24,25)26)21(28)13-32-22(29)16-6-4-9-19(11-16)33(3,30)31/h4-12H,13H2,1-3H3. The largest absolute Gasteiger partial charge is 0.454 e. The Hall–Kier alpha value is -3.40. The number of carbonyl (C=O) groups excluding carboxylic acids is 2. The first-order valence-electron chi connectivity index (χ1n) is 9.66. The van der Waals surface area contributed by atoms with Crippen molar-refractivity contribution in [3.05, 3.63) is 82.7 Å². The number of benzene rings is 2. The monoisotopic (exact) mass is 479 g/mol. The number of hydrogen-bond acceptors (Lipinski definition) is 5. The van der Waals surface area contributed by atoms with E-state index in [0.717, 1.165) is 24.5 Å². The third-order valence-electron chi connectivity index (χ3n) is 5.00. The van der Waals surface area contributed by atoms with Crippen LogP contribution in [0.15, 0.2) is 59.5 Å². The van der Waals surface area contributed by atoms with E-state index < -0.39 is 39.9 Å². The summed E-state index contributed by atoms with van der Waals surface area (Å²) in [6.45, 7) is 2.61. The van der Waals surface area contributed by atoms with Crippen molar-refractivity contribution >= 4 is 21.6 Å². The second-order valence-corrected chi connectivity index (χ2v) is 9.48. The topological polar surface area (TPSA) is 82.4 Å². The van der Waals surface area contributed by atoms with Crippen molar-refractivity contribution < 1.29 is 35.9 Å². The van der Waals surface area contributed by atoms with E-state index in [-0.39, 0.29) is 21.7 Å². The highest BCUT2D eigenvalue weighted by Gasteiger charge is 2.31. The van der Waals surface area contributed by atoms with Gasteiger partial charge in [0.05, 0.1) is 16.0 Å². The van der Waals surface area contributed by atoms with Crippen LogP contribution >= 0.6 is 0 Å². The molecule has 0 radical (unpaired) electrons. The lowest BCUT2D eigenvalue weighted by Gasteiger charge is -2.13. The van der Waals surface area contributed by atoms with E-state index in [0.29, 0.717) is 11.4 Å². The van der Waals surface area contributed by atoms with Gasteiger partial charge in [0.15, 0.2) is 16.4 Å². The van der Waals surface area contributed by atoms with Gasteiger partial charge in [-0.05, 0) is 56.3 Å². The maximum atomic E-state index is 13.1. The number of sulfone groups is 1. The molecule has 0 saturated heterocycles. The Kier molecular flexibility index (Phi) is 6.51. The minimum Gasteiger partial charge on any atom is -0.454 e. The van der Waals surface area contributed by atoms with Crippen LogP contribution in [0, 0.1) is 13.8 Å². The van der Waals surface area contributed by atoms with Crippen molar-refractivity contribution in [3.63, 3.8) is 0 Å². The van der Waals surface area contributed by atoms with E-state index in [9.17, 15) is 31.2 Å². The molecule has 0 saturated carbocycles. The molecule has 1 aromatic heterocycles. The molecule has 10 heteroatoms. The van der Waals surface area contributed by atoms with Gasteiger partial charge in [-0.1, -0.05) is 12.1 Å². The molecule has 1 heterocycles. The Balaban J connectivity index is 1.81. The van der Waals surface area contributed by atoms with Crippen LogP contribution in [-0.2, 0) is 20.8 Å². The summed E-state index contributed by atoms with van der Waals surface area (Å²) >= 11 is 0. The molecule has 0 N–H and O–H groups in total. The summed E-state index contributed by atoms with van der Waals surface area (Å²) in [6.07, 6.45) is -3.51. The summed E-state index contributed by atoms with van der Waals surface area (Å²) in [6, 6.07) is 11.5. The smallest absolute Gasteiger partial charge is 0.416 e. The summed E-state index contributed by atoms with van der Waals surface area (Å²) in [5.41, 5.74) is 0.524. The lowest BCUT2D eigenvalue weighted by atomic mass is 10.1. The number of hydrogen-bond donors (Lipinski definition) is 0. The Morgan fingerprint density at radius 1 is 1.00 bits per heavy atom. The number of ketones is 1. The van der Waals surface area contributed by atoms with E-state index in [1.165, 1.54) is 41.0 Å². The number of alkyl halides is 3. The van der Waals surface area contributed by atoms with Crippen LogP contribution in [0.4, 0.5) is 13.2 Å². The molecular weight excluding hydrogens is 459 g/mol. The minimum atomic E-state index is -4.51. The first kappa shape index (κ1) is 24.2. The molecule has 0 aliphatic carbocycles. The van der Waals surface area contributed by atoms with Crippen LogP contribution in [0.1, 0.15) is 37.7 Å². The number of carbonyl (C=O) groups is 2. The molecule has 0 fully saturated rings. The number of aromatic nitrogens is 1. The number of aryl methyl sites for hydroxylation is 1. The number of halogens is 3. The van der Waals surface area contributed by atoms with E-state index in [2.05, 4.69) is 0 Å². The van der Waals surface area contributed by atoms with Gasteiger partial charge >= 0.3 is 12.1 Å². The Morgan fingerprint density at radius 2 is 1.67 bits per heavy atom. The SMILES string of the molecule is Cc1cc(C(=O)COC(=O)c2cccc(S(C)(=O)=O)c2)c(C)n1-c1cccc(C(F)(F)F)c1. The Labute approximate surface area is 188 Å². The van der Waals surface area contributed by atoms with E-state index >= 15 is 0 Å². The van der Waals surface area contributed by atoms with Crippen LogP contribution in [0.25, 0.3) is 5.69 Å². The van der Waals surface area contributed by atoms with Crippen LogP contribution < -0.4 is 0 Å². The zero-order valence-corrected chi connectivity index (χ0v) is 18.8. The molecule has 0 atom stereocenters. The molecule has 174 valence electrons. The lowest BCUT2D eigenvalue weighted by Crippen LogP contribution is -2.15. The van der Waals surface area contributed by atoms with Gasteiger partial charge in [-0.2, -0.15) is 13.2 Å². The number of ether oxygens (including phenoxy) is 1. The van der Waals surface area contributed by atoms with E-state index in [1.807, 2.05) is 0 Å². The minimum absolute atomic E-state index is 0.0276. The predicted molar refractivity (Wildman–Crippen MR) is 114 cm³/mol. The molecule has 0 spiro atoms. The first-order chi connectivity index (χ1) is 15.3. The molecule has 0 unspecified atom stereocenters. The fourth-order valence-corrected chi connectivity index (χ4v) is 4.08. The Bertz CT molecular complexity index is 1340. The van der Waals surface area contributed by atoms with Gasteiger partial charge < -0.3 is 9.30 Å². The molecule has 0 aliphatic rings. The summed E-state index contributed by atoms with van der Waals surface area (Å²) < 4.78 is 69.1. The van der Waals surface area contributed by atoms with Crippen LogP contribution in [0.2, 0.25) is 0 Å². The average molecular weight is 479 g/mol. The number of nitrogens with zero attached hydrogens (tertiary/aromatic N) is 1.